The summed E-state index contributed by atoms with van der Waals surface area (Å²) < 4.78 is 7.12. The van der Waals surface area contributed by atoms with E-state index in [1.165, 1.54) is 11.0 Å². The summed E-state index contributed by atoms with van der Waals surface area (Å²) >= 11 is 12.1. The lowest BCUT2D eigenvalue weighted by atomic mass is 10.2. The number of amides is 2. The highest BCUT2D eigenvalue weighted by atomic mass is 35.5. The van der Waals surface area contributed by atoms with Crippen LogP contribution < -0.4 is 0 Å². The van der Waals surface area contributed by atoms with Crippen LogP contribution in [0.5, 0.6) is 0 Å². The van der Waals surface area contributed by atoms with Gasteiger partial charge in [0, 0.05) is 44.2 Å². The first kappa shape index (κ1) is 23.3. The van der Waals surface area contributed by atoms with Crippen molar-refractivity contribution >= 4 is 35.0 Å². The van der Waals surface area contributed by atoms with Gasteiger partial charge in [-0.1, -0.05) is 30.1 Å². The number of carbonyl (C=O) groups excluding carboxylic acids is 2. The monoisotopic (exact) mass is 439 g/mol. The van der Waals surface area contributed by atoms with Crippen molar-refractivity contribution in [1.29, 1.82) is 0 Å². The molecular weight excluding hydrogens is 413 g/mol. The summed E-state index contributed by atoms with van der Waals surface area (Å²) in [5.41, 5.74) is 1.34. The average Bonchev–Trinajstić information content (AvgIpc) is 3.08. The standard InChI is InChI=1S/C21H27Cl2N3O3/c1-4-9-26(21(28)18-8-7-16(22)13-19(18)23)15-20(27)25(11-12-29-3)14-17-6-5-10-24(17)2/h5-8,10,13H,4,9,11-12,14-15H2,1-3H3. The summed E-state index contributed by atoms with van der Waals surface area (Å²) in [6.07, 6.45) is 2.66. The largest absolute Gasteiger partial charge is 0.383 e. The molecule has 0 saturated heterocycles. The Balaban J connectivity index is 2.17. The summed E-state index contributed by atoms with van der Waals surface area (Å²) in [7, 11) is 3.53. The second-order valence-corrected chi connectivity index (χ2v) is 7.61. The first-order valence-electron chi connectivity index (χ1n) is 9.48. The van der Waals surface area contributed by atoms with Crippen LogP contribution in [0.25, 0.3) is 0 Å². The zero-order valence-electron chi connectivity index (χ0n) is 17.0. The number of carbonyl (C=O) groups is 2. The van der Waals surface area contributed by atoms with Crippen LogP contribution in [0, 0.1) is 0 Å². The highest BCUT2D eigenvalue weighted by molar-refractivity contribution is 6.36. The molecular formula is C21H27Cl2N3O3. The number of rotatable bonds is 10. The first-order valence-corrected chi connectivity index (χ1v) is 10.2. The quantitative estimate of drug-likeness (QED) is 0.564. The minimum atomic E-state index is -0.285. The van der Waals surface area contributed by atoms with Crippen molar-refractivity contribution in [2.75, 3.05) is 33.4 Å². The predicted molar refractivity (Wildman–Crippen MR) is 115 cm³/mol. The zero-order valence-corrected chi connectivity index (χ0v) is 18.5. The molecule has 0 saturated carbocycles. The van der Waals surface area contributed by atoms with Gasteiger partial charge in [0.1, 0.15) is 6.54 Å². The first-order chi connectivity index (χ1) is 13.9. The Kier molecular flexibility index (Phi) is 9.01. The molecule has 0 unspecified atom stereocenters. The predicted octanol–water partition coefficient (Wildman–Crippen LogP) is 3.86. The van der Waals surface area contributed by atoms with Gasteiger partial charge in [-0.15, -0.1) is 0 Å². The fourth-order valence-corrected chi connectivity index (χ4v) is 3.46. The molecule has 2 amide bonds. The van der Waals surface area contributed by atoms with Crippen LogP contribution in [0.4, 0.5) is 0 Å². The number of ether oxygens (including phenoxy) is 1. The van der Waals surface area contributed by atoms with Gasteiger partial charge >= 0.3 is 0 Å². The number of methoxy groups -OCH3 is 1. The molecule has 8 heteroatoms. The van der Waals surface area contributed by atoms with E-state index in [1.807, 2.05) is 36.9 Å². The molecule has 1 aromatic carbocycles. The number of halogens is 2. The summed E-state index contributed by atoms with van der Waals surface area (Å²) in [5, 5.41) is 0.731. The molecule has 0 atom stereocenters. The van der Waals surface area contributed by atoms with Gasteiger partial charge in [0.05, 0.1) is 23.7 Å². The molecule has 2 aromatic rings. The van der Waals surface area contributed by atoms with Gasteiger partial charge in [-0.2, -0.15) is 0 Å². The third kappa shape index (κ3) is 6.49. The van der Waals surface area contributed by atoms with E-state index in [1.54, 1.807) is 24.1 Å². The smallest absolute Gasteiger partial charge is 0.255 e. The van der Waals surface area contributed by atoms with Crippen LogP contribution in [0.3, 0.4) is 0 Å². The Morgan fingerprint density at radius 1 is 1.14 bits per heavy atom. The molecule has 0 radical (unpaired) electrons. The molecule has 0 spiro atoms. The van der Waals surface area contributed by atoms with E-state index in [4.69, 9.17) is 27.9 Å². The summed E-state index contributed by atoms with van der Waals surface area (Å²) in [6, 6.07) is 8.64. The highest BCUT2D eigenvalue weighted by Gasteiger charge is 2.24. The zero-order chi connectivity index (χ0) is 21.4. The van der Waals surface area contributed by atoms with Crippen molar-refractivity contribution in [2.45, 2.75) is 19.9 Å². The molecule has 0 aliphatic rings. The van der Waals surface area contributed by atoms with Gasteiger partial charge in [-0.3, -0.25) is 9.59 Å². The average molecular weight is 440 g/mol. The molecule has 0 N–H and O–H groups in total. The van der Waals surface area contributed by atoms with E-state index in [2.05, 4.69) is 0 Å². The van der Waals surface area contributed by atoms with Gasteiger partial charge in [-0.25, -0.2) is 0 Å². The van der Waals surface area contributed by atoms with Crippen LogP contribution in [0.15, 0.2) is 36.5 Å². The Bertz CT molecular complexity index is 838. The minimum absolute atomic E-state index is 0.0280. The van der Waals surface area contributed by atoms with Crippen LogP contribution in [-0.2, 0) is 23.1 Å². The fourth-order valence-electron chi connectivity index (χ4n) is 2.97. The van der Waals surface area contributed by atoms with Crippen molar-refractivity contribution < 1.29 is 14.3 Å². The number of benzene rings is 1. The lowest BCUT2D eigenvalue weighted by Gasteiger charge is -2.28. The molecule has 29 heavy (non-hydrogen) atoms. The maximum atomic E-state index is 13.1. The molecule has 158 valence electrons. The van der Waals surface area contributed by atoms with Crippen LogP contribution in [-0.4, -0.2) is 59.5 Å². The van der Waals surface area contributed by atoms with Crippen molar-refractivity contribution in [3.8, 4) is 0 Å². The summed E-state index contributed by atoms with van der Waals surface area (Å²) in [4.78, 5) is 29.3. The van der Waals surface area contributed by atoms with Gasteiger partial charge in [-0.05, 0) is 36.8 Å². The molecule has 0 fully saturated rings. The fraction of sp³-hybridized carbons (Fsp3) is 0.429. The second-order valence-electron chi connectivity index (χ2n) is 6.77. The molecule has 1 heterocycles. The van der Waals surface area contributed by atoms with E-state index in [-0.39, 0.29) is 23.4 Å². The van der Waals surface area contributed by atoms with Crippen LogP contribution in [0.2, 0.25) is 10.0 Å². The number of nitrogens with zero attached hydrogens (tertiary/aromatic N) is 3. The van der Waals surface area contributed by atoms with E-state index in [9.17, 15) is 9.59 Å². The summed E-state index contributed by atoms with van der Waals surface area (Å²) in [5.74, 6) is -0.428. The number of aromatic nitrogens is 1. The maximum absolute atomic E-state index is 13.1. The number of hydrogen-bond acceptors (Lipinski definition) is 3. The molecule has 1 aromatic heterocycles. The Morgan fingerprint density at radius 3 is 2.48 bits per heavy atom. The third-order valence-electron chi connectivity index (χ3n) is 4.59. The Morgan fingerprint density at radius 2 is 1.90 bits per heavy atom. The highest BCUT2D eigenvalue weighted by Crippen LogP contribution is 2.22. The lowest BCUT2D eigenvalue weighted by molar-refractivity contribution is -0.133. The van der Waals surface area contributed by atoms with Crippen molar-refractivity contribution in [3.05, 3.63) is 57.8 Å². The molecule has 6 nitrogen and oxygen atoms in total. The topological polar surface area (TPSA) is 54.8 Å². The lowest BCUT2D eigenvalue weighted by Crippen LogP contribution is -2.44. The molecule has 2 rings (SSSR count). The minimum Gasteiger partial charge on any atom is -0.383 e. The number of hydrogen-bond donors (Lipinski definition) is 0. The third-order valence-corrected chi connectivity index (χ3v) is 5.14. The normalized spacial score (nSPS) is 10.8. The SMILES string of the molecule is CCCN(CC(=O)N(CCOC)Cc1cccn1C)C(=O)c1ccc(Cl)cc1Cl. The van der Waals surface area contributed by atoms with E-state index < -0.39 is 0 Å². The van der Waals surface area contributed by atoms with Gasteiger partial charge in [0.15, 0.2) is 0 Å². The van der Waals surface area contributed by atoms with E-state index in [0.29, 0.717) is 36.8 Å². The molecule has 0 aliphatic heterocycles. The van der Waals surface area contributed by atoms with Gasteiger partial charge in [0.25, 0.3) is 5.91 Å². The van der Waals surface area contributed by atoms with Gasteiger partial charge in [0.2, 0.25) is 5.91 Å². The second kappa shape index (κ2) is 11.2. The van der Waals surface area contributed by atoms with Gasteiger partial charge < -0.3 is 19.1 Å². The van der Waals surface area contributed by atoms with E-state index in [0.717, 1.165) is 12.1 Å². The van der Waals surface area contributed by atoms with Crippen LogP contribution >= 0.6 is 23.2 Å². The molecule has 0 bridgehead atoms. The Hall–Kier alpha value is -2.02. The Labute approximate surface area is 181 Å². The van der Waals surface area contributed by atoms with E-state index >= 15 is 0 Å². The summed E-state index contributed by atoms with van der Waals surface area (Å²) in [6.45, 7) is 3.69. The van der Waals surface area contributed by atoms with Crippen LogP contribution in [0.1, 0.15) is 29.4 Å². The number of aryl methyl sites for hydroxylation is 1. The van der Waals surface area contributed by atoms with Crippen molar-refractivity contribution in [2.24, 2.45) is 7.05 Å². The van der Waals surface area contributed by atoms with Crippen molar-refractivity contribution in [3.63, 3.8) is 0 Å². The molecule has 0 aliphatic carbocycles. The van der Waals surface area contributed by atoms with Crippen molar-refractivity contribution in [1.82, 2.24) is 14.4 Å². The maximum Gasteiger partial charge on any atom is 0.255 e.